The van der Waals surface area contributed by atoms with Gasteiger partial charge in [0.25, 0.3) is 0 Å². The molecule has 0 spiro atoms. The molecule has 0 aliphatic carbocycles. The Balaban J connectivity index is 2.38. The highest BCUT2D eigenvalue weighted by atomic mass is 35.5. The van der Waals surface area contributed by atoms with Crippen molar-refractivity contribution in [2.75, 3.05) is 5.73 Å². The third-order valence-electron chi connectivity index (χ3n) is 2.87. The van der Waals surface area contributed by atoms with Gasteiger partial charge in [0.1, 0.15) is 11.6 Å². The zero-order chi connectivity index (χ0) is 14.4. The molecule has 0 saturated heterocycles. The highest BCUT2D eigenvalue weighted by Crippen LogP contribution is 2.31. The zero-order valence-electron chi connectivity index (χ0n) is 9.87. The Kier molecular flexibility index (Phi) is 3.03. The van der Waals surface area contributed by atoms with Gasteiger partial charge in [-0.25, -0.2) is 13.8 Å². The summed E-state index contributed by atoms with van der Waals surface area (Å²) in [6.07, 6.45) is 0. The van der Waals surface area contributed by atoms with Crippen molar-refractivity contribution in [3.8, 4) is 5.69 Å². The molecule has 0 amide bonds. The molecule has 0 aliphatic heterocycles. The average Bonchev–Trinajstić information content (AvgIpc) is 2.69. The van der Waals surface area contributed by atoms with Crippen LogP contribution in [-0.2, 0) is 0 Å². The molecule has 3 nitrogen and oxygen atoms in total. The van der Waals surface area contributed by atoms with E-state index in [9.17, 15) is 8.78 Å². The fraction of sp³-hybridized carbons (Fsp3) is 0. The van der Waals surface area contributed by atoms with E-state index >= 15 is 0 Å². The van der Waals surface area contributed by atoms with Gasteiger partial charge >= 0.3 is 0 Å². The van der Waals surface area contributed by atoms with Crippen molar-refractivity contribution >= 4 is 40.2 Å². The Morgan fingerprint density at radius 1 is 1.05 bits per heavy atom. The van der Waals surface area contributed by atoms with E-state index in [0.717, 1.165) is 6.07 Å². The molecular formula is C13H7Cl2F2N3. The fourth-order valence-electron chi connectivity index (χ4n) is 2.00. The van der Waals surface area contributed by atoms with E-state index in [4.69, 9.17) is 28.9 Å². The first-order valence-corrected chi connectivity index (χ1v) is 6.31. The predicted octanol–water partition coefficient (Wildman–Crippen LogP) is 4.19. The lowest BCUT2D eigenvalue weighted by atomic mass is 10.2. The first-order valence-electron chi connectivity index (χ1n) is 5.56. The molecule has 2 N–H and O–H groups in total. The number of aromatic nitrogens is 2. The number of imidazole rings is 1. The summed E-state index contributed by atoms with van der Waals surface area (Å²) in [5, 5.41) is 0.212. The third-order valence-corrected chi connectivity index (χ3v) is 3.48. The molecule has 7 heteroatoms. The van der Waals surface area contributed by atoms with Crippen LogP contribution in [0.15, 0.2) is 30.3 Å². The summed E-state index contributed by atoms with van der Waals surface area (Å²) in [4.78, 5) is 4.02. The largest absolute Gasteiger partial charge is 0.369 e. The Morgan fingerprint density at radius 2 is 1.80 bits per heavy atom. The van der Waals surface area contributed by atoms with E-state index in [2.05, 4.69) is 4.98 Å². The Labute approximate surface area is 122 Å². The Bertz CT molecular complexity index is 830. The molecule has 0 radical (unpaired) electrons. The molecular weight excluding hydrogens is 307 g/mol. The number of fused-ring (bicyclic) bond motifs is 1. The van der Waals surface area contributed by atoms with E-state index in [1.165, 1.54) is 28.8 Å². The number of anilines is 1. The summed E-state index contributed by atoms with van der Waals surface area (Å²) >= 11 is 11.8. The molecule has 3 aromatic rings. The monoisotopic (exact) mass is 313 g/mol. The number of halogens is 4. The van der Waals surface area contributed by atoms with Crippen LogP contribution in [-0.4, -0.2) is 9.55 Å². The number of hydrogen-bond donors (Lipinski definition) is 1. The van der Waals surface area contributed by atoms with E-state index < -0.39 is 11.6 Å². The van der Waals surface area contributed by atoms with Crippen molar-refractivity contribution in [1.82, 2.24) is 9.55 Å². The number of nitrogens with two attached hydrogens (primary N) is 1. The fourth-order valence-corrected chi connectivity index (χ4v) is 2.36. The van der Waals surface area contributed by atoms with Gasteiger partial charge in [-0.1, -0.05) is 23.2 Å². The predicted molar refractivity (Wildman–Crippen MR) is 75.4 cm³/mol. The van der Waals surface area contributed by atoms with Crippen LogP contribution in [0.5, 0.6) is 0 Å². The van der Waals surface area contributed by atoms with Crippen molar-refractivity contribution in [2.24, 2.45) is 0 Å². The minimum atomic E-state index is -0.603. The van der Waals surface area contributed by atoms with Crippen LogP contribution in [0.2, 0.25) is 10.0 Å². The van der Waals surface area contributed by atoms with Crippen LogP contribution in [0.25, 0.3) is 16.7 Å². The molecule has 0 fully saturated rings. The summed E-state index contributed by atoms with van der Waals surface area (Å²) in [5.74, 6) is -1.01. The molecule has 1 aromatic heterocycles. The quantitative estimate of drug-likeness (QED) is 0.732. The number of rotatable bonds is 1. The highest BCUT2D eigenvalue weighted by Gasteiger charge is 2.15. The van der Waals surface area contributed by atoms with E-state index in [1.54, 1.807) is 0 Å². The second-order valence-electron chi connectivity index (χ2n) is 4.16. The maximum atomic E-state index is 13.4. The standard InChI is InChI=1S/C13H7Cl2F2N3/c14-7-2-1-6(16)3-11(7)20-12-4-8(15)9(17)5-10(12)19-13(20)18/h1-5H,(H2,18,19). The molecule has 1 heterocycles. The smallest absolute Gasteiger partial charge is 0.205 e. The Morgan fingerprint density at radius 3 is 2.55 bits per heavy atom. The van der Waals surface area contributed by atoms with Gasteiger partial charge in [0, 0.05) is 6.07 Å². The van der Waals surface area contributed by atoms with Gasteiger partial charge in [-0.15, -0.1) is 0 Å². The van der Waals surface area contributed by atoms with Gasteiger partial charge in [0.2, 0.25) is 5.95 Å². The summed E-state index contributed by atoms with van der Waals surface area (Å²) in [6, 6.07) is 6.39. The van der Waals surface area contributed by atoms with Crippen LogP contribution in [0.1, 0.15) is 0 Å². The third kappa shape index (κ3) is 1.99. The van der Waals surface area contributed by atoms with Gasteiger partial charge in [0.05, 0.1) is 26.8 Å². The van der Waals surface area contributed by atoms with Crippen LogP contribution in [0.4, 0.5) is 14.7 Å². The van der Waals surface area contributed by atoms with Crippen LogP contribution < -0.4 is 5.73 Å². The van der Waals surface area contributed by atoms with Gasteiger partial charge in [-0.2, -0.15) is 0 Å². The molecule has 0 aliphatic rings. The van der Waals surface area contributed by atoms with Gasteiger partial charge in [-0.05, 0) is 24.3 Å². The van der Waals surface area contributed by atoms with E-state index in [1.807, 2.05) is 0 Å². The molecule has 0 unspecified atom stereocenters. The van der Waals surface area contributed by atoms with E-state index in [0.29, 0.717) is 16.7 Å². The van der Waals surface area contributed by atoms with Crippen molar-refractivity contribution in [3.63, 3.8) is 0 Å². The first kappa shape index (κ1) is 13.1. The number of nitrogens with zero attached hydrogens (tertiary/aromatic N) is 2. The summed E-state index contributed by atoms with van der Waals surface area (Å²) in [7, 11) is 0. The van der Waals surface area contributed by atoms with Crippen LogP contribution in [0, 0.1) is 11.6 Å². The summed E-state index contributed by atoms with van der Waals surface area (Å²) < 4.78 is 28.2. The van der Waals surface area contributed by atoms with Crippen molar-refractivity contribution < 1.29 is 8.78 Å². The minimum absolute atomic E-state index is 0.0640. The minimum Gasteiger partial charge on any atom is -0.369 e. The van der Waals surface area contributed by atoms with Crippen LogP contribution in [0.3, 0.4) is 0 Å². The molecule has 0 bridgehead atoms. The SMILES string of the molecule is Nc1nc2cc(F)c(Cl)cc2n1-c1cc(F)ccc1Cl. The lowest BCUT2D eigenvalue weighted by molar-refractivity contribution is 0.626. The first-order chi connectivity index (χ1) is 9.47. The second kappa shape index (κ2) is 4.61. The van der Waals surface area contributed by atoms with Gasteiger partial charge < -0.3 is 5.73 Å². The molecule has 0 atom stereocenters. The van der Waals surface area contributed by atoms with Crippen molar-refractivity contribution in [3.05, 3.63) is 52.0 Å². The highest BCUT2D eigenvalue weighted by molar-refractivity contribution is 6.32. The van der Waals surface area contributed by atoms with Crippen molar-refractivity contribution in [1.29, 1.82) is 0 Å². The second-order valence-corrected chi connectivity index (χ2v) is 4.97. The topological polar surface area (TPSA) is 43.8 Å². The summed E-state index contributed by atoms with van der Waals surface area (Å²) in [6.45, 7) is 0. The Hall–Kier alpha value is -1.85. The lowest BCUT2D eigenvalue weighted by Crippen LogP contribution is -2.01. The van der Waals surface area contributed by atoms with Crippen LogP contribution >= 0.6 is 23.2 Å². The maximum absolute atomic E-state index is 13.4. The van der Waals surface area contributed by atoms with Crippen molar-refractivity contribution in [2.45, 2.75) is 0 Å². The van der Waals surface area contributed by atoms with Gasteiger partial charge in [0.15, 0.2) is 0 Å². The molecule has 3 rings (SSSR count). The lowest BCUT2D eigenvalue weighted by Gasteiger charge is -2.09. The normalized spacial score (nSPS) is 11.2. The molecule has 2 aromatic carbocycles. The maximum Gasteiger partial charge on any atom is 0.205 e. The number of hydrogen-bond acceptors (Lipinski definition) is 2. The molecule has 102 valence electrons. The van der Waals surface area contributed by atoms with E-state index in [-0.39, 0.29) is 16.0 Å². The zero-order valence-corrected chi connectivity index (χ0v) is 11.4. The number of benzene rings is 2. The average molecular weight is 314 g/mol. The number of nitrogen functional groups attached to an aromatic ring is 1. The van der Waals surface area contributed by atoms with Gasteiger partial charge in [-0.3, -0.25) is 4.57 Å². The molecule has 0 saturated carbocycles. The summed E-state index contributed by atoms with van der Waals surface area (Å²) in [5.41, 5.74) is 6.88. The molecule has 20 heavy (non-hydrogen) atoms.